The zero-order valence-corrected chi connectivity index (χ0v) is 11.6. The zero-order valence-electron chi connectivity index (χ0n) is 10.8. The minimum absolute atomic E-state index is 0.708. The number of aromatic nitrogens is 1. The summed E-state index contributed by atoms with van der Waals surface area (Å²) < 4.78 is 11.3. The van der Waals surface area contributed by atoms with Gasteiger partial charge in [0, 0.05) is 23.9 Å². The molecule has 0 saturated carbocycles. The van der Waals surface area contributed by atoms with Crippen LogP contribution in [0.1, 0.15) is 12.1 Å². The van der Waals surface area contributed by atoms with Crippen LogP contribution in [0.2, 0.25) is 0 Å². The van der Waals surface area contributed by atoms with Crippen molar-refractivity contribution in [3.63, 3.8) is 0 Å². The SMILES string of the molecule is CNCc1csc(-c2ccc3c(c2)OCCCO3)n1. The summed E-state index contributed by atoms with van der Waals surface area (Å²) in [5.74, 6) is 1.65. The Labute approximate surface area is 116 Å². The molecule has 1 aromatic heterocycles. The molecule has 0 spiro atoms. The molecule has 1 aliphatic heterocycles. The van der Waals surface area contributed by atoms with Crippen LogP contribution in [0.25, 0.3) is 10.6 Å². The lowest BCUT2D eigenvalue weighted by molar-refractivity contribution is 0.297. The molecule has 0 amide bonds. The molecule has 19 heavy (non-hydrogen) atoms. The normalized spacial score (nSPS) is 14.2. The molecule has 0 fully saturated rings. The van der Waals surface area contributed by atoms with Crippen LogP contribution < -0.4 is 14.8 Å². The predicted molar refractivity (Wildman–Crippen MR) is 75.9 cm³/mol. The van der Waals surface area contributed by atoms with Crippen molar-refractivity contribution in [2.24, 2.45) is 0 Å². The Kier molecular flexibility index (Phi) is 3.66. The fourth-order valence-corrected chi connectivity index (χ4v) is 2.81. The van der Waals surface area contributed by atoms with Gasteiger partial charge in [-0.1, -0.05) is 0 Å². The summed E-state index contributed by atoms with van der Waals surface area (Å²) in [6.07, 6.45) is 0.924. The minimum Gasteiger partial charge on any atom is -0.490 e. The summed E-state index contributed by atoms with van der Waals surface area (Å²) in [5, 5.41) is 6.20. The molecule has 0 bridgehead atoms. The van der Waals surface area contributed by atoms with Gasteiger partial charge in [-0.3, -0.25) is 0 Å². The highest BCUT2D eigenvalue weighted by atomic mass is 32.1. The highest BCUT2D eigenvalue weighted by molar-refractivity contribution is 7.13. The van der Waals surface area contributed by atoms with Crippen molar-refractivity contribution in [3.05, 3.63) is 29.3 Å². The Balaban J connectivity index is 1.89. The smallest absolute Gasteiger partial charge is 0.161 e. The second-order valence-corrected chi connectivity index (χ2v) is 5.24. The molecular weight excluding hydrogens is 260 g/mol. The van der Waals surface area contributed by atoms with E-state index in [0.717, 1.165) is 47.3 Å². The van der Waals surface area contributed by atoms with E-state index in [2.05, 4.69) is 15.7 Å². The van der Waals surface area contributed by atoms with E-state index in [0.29, 0.717) is 6.61 Å². The molecule has 2 aromatic rings. The van der Waals surface area contributed by atoms with Gasteiger partial charge in [-0.2, -0.15) is 0 Å². The van der Waals surface area contributed by atoms with Gasteiger partial charge in [0.05, 0.1) is 18.9 Å². The van der Waals surface area contributed by atoms with E-state index >= 15 is 0 Å². The van der Waals surface area contributed by atoms with Gasteiger partial charge in [0.1, 0.15) is 5.01 Å². The monoisotopic (exact) mass is 276 g/mol. The van der Waals surface area contributed by atoms with E-state index in [-0.39, 0.29) is 0 Å². The average molecular weight is 276 g/mol. The Morgan fingerprint density at radius 3 is 2.95 bits per heavy atom. The standard InChI is InChI=1S/C14H16N2O2S/c1-15-8-11-9-19-14(16-11)10-3-4-12-13(7-10)18-6-2-5-17-12/h3-4,7,9,15H,2,5-6,8H2,1H3. The zero-order chi connectivity index (χ0) is 13.1. The molecule has 100 valence electrons. The van der Waals surface area contributed by atoms with Gasteiger partial charge in [-0.05, 0) is 25.2 Å². The van der Waals surface area contributed by atoms with Crippen LogP contribution in [0.4, 0.5) is 0 Å². The van der Waals surface area contributed by atoms with Crippen molar-refractivity contribution in [1.82, 2.24) is 10.3 Å². The van der Waals surface area contributed by atoms with E-state index in [9.17, 15) is 0 Å². The maximum absolute atomic E-state index is 5.70. The van der Waals surface area contributed by atoms with Crippen molar-refractivity contribution < 1.29 is 9.47 Å². The molecule has 1 aliphatic rings. The second-order valence-electron chi connectivity index (χ2n) is 4.39. The summed E-state index contributed by atoms with van der Waals surface area (Å²) in [4.78, 5) is 4.60. The molecule has 5 heteroatoms. The molecule has 0 atom stereocenters. The summed E-state index contributed by atoms with van der Waals surface area (Å²) in [6.45, 7) is 2.22. The van der Waals surface area contributed by atoms with Crippen LogP contribution in [-0.4, -0.2) is 25.2 Å². The second kappa shape index (κ2) is 5.59. The van der Waals surface area contributed by atoms with Gasteiger partial charge in [0.15, 0.2) is 11.5 Å². The topological polar surface area (TPSA) is 43.4 Å². The van der Waals surface area contributed by atoms with Crippen LogP contribution in [0.15, 0.2) is 23.6 Å². The Morgan fingerprint density at radius 2 is 2.11 bits per heavy atom. The van der Waals surface area contributed by atoms with Gasteiger partial charge in [0.25, 0.3) is 0 Å². The van der Waals surface area contributed by atoms with Crippen LogP contribution in [-0.2, 0) is 6.54 Å². The Bertz CT molecular complexity index is 568. The van der Waals surface area contributed by atoms with E-state index in [1.165, 1.54) is 0 Å². The summed E-state index contributed by atoms with van der Waals surface area (Å²) in [7, 11) is 1.92. The van der Waals surface area contributed by atoms with Crippen molar-refractivity contribution in [2.45, 2.75) is 13.0 Å². The highest BCUT2D eigenvalue weighted by Gasteiger charge is 2.12. The first-order valence-corrected chi connectivity index (χ1v) is 7.24. The number of hydrogen-bond donors (Lipinski definition) is 1. The van der Waals surface area contributed by atoms with Gasteiger partial charge in [-0.25, -0.2) is 4.98 Å². The van der Waals surface area contributed by atoms with Crippen molar-refractivity contribution >= 4 is 11.3 Å². The van der Waals surface area contributed by atoms with Gasteiger partial charge in [0.2, 0.25) is 0 Å². The minimum atomic E-state index is 0.708. The van der Waals surface area contributed by atoms with E-state index in [1.54, 1.807) is 11.3 Å². The first kappa shape index (κ1) is 12.4. The Hall–Kier alpha value is -1.59. The molecule has 0 saturated heterocycles. The summed E-state index contributed by atoms with van der Waals surface area (Å²) in [6, 6.07) is 6.02. The number of rotatable bonds is 3. The van der Waals surface area contributed by atoms with Crippen molar-refractivity contribution in [2.75, 3.05) is 20.3 Å². The van der Waals surface area contributed by atoms with E-state index in [4.69, 9.17) is 9.47 Å². The van der Waals surface area contributed by atoms with Crippen LogP contribution >= 0.6 is 11.3 Å². The number of thiazole rings is 1. The number of ether oxygens (including phenoxy) is 2. The van der Waals surface area contributed by atoms with Crippen molar-refractivity contribution in [1.29, 1.82) is 0 Å². The van der Waals surface area contributed by atoms with E-state index < -0.39 is 0 Å². The summed E-state index contributed by atoms with van der Waals surface area (Å²) in [5.41, 5.74) is 2.14. The van der Waals surface area contributed by atoms with Crippen LogP contribution in [0, 0.1) is 0 Å². The van der Waals surface area contributed by atoms with Gasteiger partial charge >= 0.3 is 0 Å². The number of nitrogens with zero attached hydrogens (tertiary/aromatic N) is 1. The fraction of sp³-hybridized carbons (Fsp3) is 0.357. The first-order chi connectivity index (χ1) is 9.36. The maximum atomic E-state index is 5.70. The number of fused-ring (bicyclic) bond motifs is 1. The molecule has 1 aromatic carbocycles. The van der Waals surface area contributed by atoms with Crippen LogP contribution in [0.5, 0.6) is 11.5 Å². The highest BCUT2D eigenvalue weighted by Crippen LogP contribution is 2.35. The lowest BCUT2D eigenvalue weighted by Gasteiger charge is -2.07. The molecule has 4 nitrogen and oxygen atoms in total. The Morgan fingerprint density at radius 1 is 1.26 bits per heavy atom. The quantitative estimate of drug-likeness (QED) is 0.936. The molecule has 0 aliphatic carbocycles. The van der Waals surface area contributed by atoms with Crippen molar-refractivity contribution in [3.8, 4) is 22.1 Å². The number of hydrogen-bond acceptors (Lipinski definition) is 5. The largest absolute Gasteiger partial charge is 0.490 e. The first-order valence-electron chi connectivity index (χ1n) is 6.36. The summed E-state index contributed by atoms with van der Waals surface area (Å²) >= 11 is 1.65. The lowest BCUT2D eigenvalue weighted by atomic mass is 10.2. The molecule has 2 heterocycles. The van der Waals surface area contributed by atoms with Crippen LogP contribution in [0.3, 0.4) is 0 Å². The number of nitrogens with one attached hydrogen (secondary N) is 1. The molecule has 0 radical (unpaired) electrons. The van der Waals surface area contributed by atoms with E-state index in [1.807, 2.05) is 25.2 Å². The molecule has 0 unspecified atom stereocenters. The maximum Gasteiger partial charge on any atom is 0.161 e. The van der Waals surface area contributed by atoms with Gasteiger partial charge < -0.3 is 14.8 Å². The lowest BCUT2D eigenvalue weighted by Crippen LogP contribution is -2.04. The third-order valence-electron chi connectivity index (χ3n) is 2.90. The third-order valence-corrected chi connectivity index (χ3v) is 3.84. The molecule has 3 rings (SSSR count). The molecule has 1 N–H and O–H groups in total. The number of benzene rings is 1. The predicted octanol–water partition coefficient (Wildman–Crippen LogP) is 2.69. The average Bonchev–Trinajstić information content (AvgIpc) is 2.76. The fourth-order valence-electron chi connectivity index (χ4n) is 2.00. The van der Waals surface area contributed by atoms with Gasteiger partial charge in [-0.15, -0.1) is 11.3 Å². The third kappa shape index (κ3) is 2.72. The molecular formula is C14H16N2O2S.